The number of carboxylic acids is 2. The zero-order chi connectivity index (χ0) is 24.1. The van der Waals surface area contributed by atoms with E-state index in [4.69, 9.17) is 29.3 Å². The number of halogens is 1. The third kappa shape index (κ3) is 9.90. The van der Waals surface area contributed by atoms with Gasteiger partial charge < -0.3 is 30.3 Å². The zero-order valence-electron chi connectivity index (χ0n) is 18.0. The summed E-state index contributed by atoms with van der Waals surface area (Å²) in [6.45, 7) is 4.63. The summed E-state index contributed by atoms with van der Waals surface area (Å²) < 4.78 is 23.7. The van der Waals surface area contributed by atoms with Crippen LogP contribution in [0.4, 0.5) is 4.39 Å². The number of carbonyl (C=O) groups excluding carboxylic acids is 1. The molecule has 1 amide bonds. The van der Waals surface area contributed by atoms with Gasteiger partial charge in [-0.2, -0.15) is 0 Å². The molecule has 10 heteroatoms. The number of carboxylic acid groups (broad SMARTS) is 2. The molecule has 0 saturated carbocycles. The first-order valence-corrected chi connectivity index (χ1v) is 9.66. The van der Waals surface area contributed by atoms with Crippen LogP contribution in [-0.2, 0) is 14.4 Å². The maximum absolute atomic E-state index is 13.0. The summed E-state index contributed by atoms with van der Waals surface area (Å²) in [4.78, 5) is 30.4. The van der Waals surface area contributed by atoms with Crippen LogP contribution in [0.25, 0.3) is 0 Å². The van der Waals surface area contributed by atoms with Crippen LogP contribution in [0.5, 0.6) is 11.5 Å². The highest BCUT2D eigenvalue weighted by molar-refractivity contribution is 6.27. The Hall–Kier alpha value is -3.66. The zero-order valence-corrected chi connectivity index (χ0v) is 18.0. The van der Waals surface area contributed by atoms with Crippen molar-refractivity contribution in [3.8, 4) is 11.5 Å². The molecular formula is C22H27FN2O7. The minimum Gasteiger partial charge on any atom is -0.497 e. The molecule has 0 saturated heterocycles. The monoisotopic (exact) mass is 450 g/mol. The van der Waals surface area contributed by atoms with Crippen molar-refractivity contribution in [2.45, 2.75) is 25.9 Å². The highest BCUT2D eigenvalue weighted by Crippen LogP contribution is 2.16. The van der Waals surface area contributed by atoms with Crippen molar-refractivity contribution in [1.82, 2.24) is 10.6 Å². The summed E-state index contributed by atoms with van der Waals surface area (Å²) in [5, 5.41) is 20.8. The minimum absolute atomic E-state index is 0.119. The number of ether oxygens (including phenoxy) is 2. The van der Waals surface area contributed by atoms with Crippen molar-refractivity contribution >= 4 is 17.8 Å². The molecule has 0 aliphatic rings. The normalized spacial score (nSPS) is 11.9. The van der Waals surface area contributed by atoms with Crippen LogP contribution >= 0.6 is 0 Å². The number of methoxy groups -OCH3 is 1. The minimum atomic E-state index is -1.82. The molecule has 174 valence electrons. The molecule has 0 heterocycles. The van der Waals surface area contributed by atoms with Crippen LogP contribution in [0.15, 0.2) is 48.5 Å². The van der Waals surface area contributed by atoms with Crippen molar-refractivity contribution in [3.05, 3.63) is 59.9 Å². The van der Waals surface area contributed by atoms with Crippen LogP contribution in [-0.4, -0.2) is 54.4 Å². The number of nitrogens with one attached hydrogen (secondary N) is 2. The lowest BCUT2D eigenvalue weighted by Gasteiger charge is -2.19. The molecule has 32 heavy (non-hydrogen) atoms. The molecule has 0 aromatic heterocycles. The fraction of sp³-hybridized carbons (Fsp3) is 0.318. The molecule has 2 rings (SSSR count). The van der Waals surface area contributed by atoms with Crippen LogP contribution in [0.2, 0.25) is 0 Å². The first-order chi connectivity index (χ1) is 15.1. The summed E-state index contributed by atoms with van der Waals surface area (Å²) in [6, 6.07) is 12.9. The second-order valence-electron chi connectivity index (χ2n) is 6.59. The molecule has 0 fully saturated rings. The first kappa shape index (κ1) is 26.4. The smallest absolute Gasteiger partial charge is 0.414 e. The average Bonchev–Trinajstić information content (AvgIpc) is 2.77. The van der Waals surface area contributed by atoms with E-state index in [1.165, 1.54) is 12.1 Å². The van der Waals surface area contributed by atoms with Crippen molar-refractivity contribution in [2.24, 2.45) is 0 Å². The number of aliphatic carboxylic acids is 2. The van der Waals surface area contributed by atoms with Gasteiger partial charge in [-0.25, -0.2) is 14.0 Å². The topological polar surface area (TPSA) is 134 Å². The van der Waals surface area contributed by atoms with E-state index in [9.17, 15) is 9.18 Å². The average molecular weight is 450 g/mol. The maximum atomic E-state index is 13.0. The molecule has 0 spiro atoms. The second-order valence-corrected chi connectivity index (χ2v) is 6.59. The van der Waals surface area contributed by atoms with Gasteiger partial charge >= 0.3 is 11.9 Å². The van der Waals surface area contributed by atoms with E-state index in [0.29, 0.717) is 13.2 Å². The van der Waals surface area contributed by atoms with Crippen molar-refractivity contribution in [2.75, 3.05) is 20.3 Å². The largest absolute Gasteiger partial charge is 0.497 e. The summed E-state index contributed by atoms with van der Waals surface area (Å²) in [6.07, 6.45) is 0. The Morgan fingerprint density at radius 3 is 1.97 bits per heavy atom. The van der Waals surface area contributed by atoms with Gasteiger partial charge in [0, 0.05) is 6.54 Å². The fourth-order valence-electron chi connectivity index (χ4n) is 2.38. The lowest BCUT2D eigenvalue weighted by Crippen LogP contribution is -2.44. The van der Waals surface area contributed by atoms with Crippen molar-refractivity contribution < 1.29 is 38.5 Å². The molecule has 0 aliphatic heterocycles. The van der Waals surface area contributed by atoms with E-state index in [1.54, 1.807) is 26.2 Å². The molecular weight excluding hydrogens is 423 g/mol. The lowest BCUT2D eigenvalue weighted by molar-refractivity contribution is -0.159. The Morgan fingerprint density at radius 2 is 1.47 bits per heavy atom. The Kier molecular flexibility index (Phi) is 11.2. The predicted molar refractivity (Wildman–Crippen MR) is 114 cm³/mol. The Bertz CT molecular complexity index is 861. The first-order valence-electron chi connectivity index (χ1n) is 9.66. The number of hydrogen-bond acceptors (Lipinski definition) is 6. The third-order valence-electron chi connectivity index (χ3n) is 4.19. The van der Waals surface area contributed by atoms with Crippen molar-refractivity contribution in [3.63, 3.8) is 0 Å². The summed E-state index contributed by atoms with van der Waals surface area (Å²) in [5.74, 6) is -2.54. The van der Waals surface area contributed by atoms with Crippen LogP contribution in [0, 0.1) is 5.82 Å². The molecule has 2 atom stereocenters. The summed E-state index contributed by atoms with van der Waals surface area (Å²) >= 11 is 0. The SMILES string of the molecule is COc1ccc(OCCNC(C)C(=O)NC(C)c2ccc(F)cc2)cc1.O=C(O)C(=O)O. The van der Waals surface area contributed by atoms with Crippen LogP contribution in [0.1, 0.15) is 25.5 Å². The van der Waals surface area contributed by atoms with Crippen LogP contribution < -0.4 is 20.1 Å². The number of benzene rings is 2. The van der Waals surface area contributed by atoms with E-state index in [0.717, 1.165) is 17.1 Å². The number of rotatable bonds is 9. The van der Waals surface area contributed by atoms with Crippen molar-refractivity contribution in [1.29, 1.82) is 0 Å². The van der Waals surface area contributed by atoms with Gasteiger partial charge in [-0.05, 0) is 55.8 Å². The van der Waals surface area contributed by atoms with E-state index < -0.39 is 11.9 Å². The number of hydrogen-bond donors (Lipinski definition) is 4. The highest BCUT2D eigenvalue weighted by atomic mass is 19.1. The molecule has 0 aliphatic carbocycles. The Labute approximate surface area is 185 Å². The van der Waals surface area contributed by atoms with Gasteiger partial charge in [0.1, 0.15) is 23.9 Å². The third-order valence-corrected chi connectivity index (χ3v) is 4.19. The second kappa shape index (κ2) is 13.6. The van der Waals surface area contributed by atoms with Gasteiger partial charge in [0.15, 0.2) is 0 Å². The van der Waals surface area contributed by atoms with E-state index >= 15 is 0 Å². The standard InChI is InChI=1S/C20H25FN2O3.C2H2O4/c1-14(16-4-6-17(21)7-5-16)23-20(24)15(2)22-12-13-26-19-10-8-18(25-3)9-11-19;3-1(4)2(5)6/h4-11,14-15,22H,12-13H2,1-3H3,(H,23,24);(H,3,4)(H,5,6). The molecule has 2 aromatic rings. The van der Waals surface area contributed by atoms with Gasteiger partial charge in [0.2, 0.25) is 5.91 Å². The molecule has 2 aromatic carbocycles. The Morgan fingerprint density at radius 1 is 0.938 bits per heavy atom. The molecule has 2 unspecified atom stereocenters. The fourth-order valence-corrected chi connectivity index (χ4v) is 2.38. The van der Waals surface area contributed by atoms with Gasteiger partial charge in [0.05, 0.1) is 19.2 Å². The van der Waals surface area contributed by atoms with Gasteiger partial charge in [0.25, 0.3) is 0 Å². The van der Waals surface area contributed by atoms with E-state index in [2.05, 4.69) is 10.6 Å². The summed E-state index contributed by atoms with van der Waals surface area (Å²) in [7, 11) is 1.61. The van der Waals surface area contributed by atoms with E-state index in [1.807, 2.05) is 31.2 Å². The quantitative estimate of drug-likeness (QED) is 0.338. The number of amides is 1. The predicted octanol–water partition coefficient (Wildman–Crippen LogP) is 2.22. The molecule has 9 nitrogen and oxygen atoms in total. The molecule has 0 bridgehead atoms. The van der Waals surface area contributed by atoms with E-state index in [-0.39, 0.29) is 23.8 Å². The van der Waals surface area contributed by atoms with Gasteiger partial charge in [-0.3, -0.25) is 4.79 Å². The maximum Gasteiger partial charge on any atom is 0.414 e. The van der Waals surface area contributed by atoms with Crippen LogP contribution in [0.3, 0.4) is 0 Å². The highest BCUT2D eigenvalue weighted by Gasteiger charge is 2.15. The molecule has 4 N–H and O–H groups in total. The summed E-state index contributed by atoms with van der Waals surface area (Å²) in [5.41, 5.74) is 0.856. The Balaban J connectivity index is 0.000000751. The number of carbonyl (C=O) groups is 3. The lowest BCUT2D eigenvalue weighted by atomic mass is 10.1. The van der Waals surface area contributed by atoms with Gasteiger partial charge in [-0.1, -0.05) is 12.1 Å². The molecule has 0 radical (unpaired) electrons. The van der Waals surface area contributed by atoms with Gasteiger partial charge in [-0.15, -0.1) is 0 Å².